The van der Waals surface area contributed by atoms with Gasteiger partial charge in [-0.3, -0.25) is 14.6 Å². The summed E-state index contributed by atoms with van der Waals surface area (Å²) < 4.78 is 45.4. The van der Waals surface area contributed by atoms with Gasteiger partial charge < -0.3 is 14.8 Å². The number of amides is 2. The first-order chi connectivity index (χ1) is 20.3. The van der Waals surface area contributed by atoms with Crippen LogP contribution >= 0.6 is 0 Å². The zero-order valence-corrected chi connectivity index (χ0v) is 23.4. The Morgan fingerprint density at radius 2 is 1.38 bits per heavy atom. The van der Waals surface area contributed by atoms with Crippen molar-refractivity contribution in [3.05, 3.63) is 143 Å². The lowest BCUT2D eigenvalue weighted by Gasteiger charge is -2.22. The Bertz CT molecular complexity index is 1590. The van der Waals surface area contributed by atoms with E-state index in [9.17, 15) is 18.0 Å². The lowest BCUT2D eigenvalue weighted by Crippen LogP contribution is -2.50. The maximum absolute atomic E-state index is 15.2. The zero-order chi connectivity index (χ0) is 29.8. The molecule has 4 aromatic rings. The number of para-hydroxylation sites is 1. The van der Waals surface area contributed by atoms with E-state index in [0.29, 0.717) is 12.0 Å². The molecule has 3 aromatic carbocycles. The Hall–Kier alpha value is -4.83. The van der Waals surface area contributed by atoms with E-state index in [-0.39, 0.29) is 18.6 Å². The van der Waals surface area contributed by atoms with Gasteiger partial charge >= 0.3 is 10.1 Å². The van der Waals surface area contributed by atoms with E-state index in [2.05, 4.69) is 15.6 Å². The third-order valence-corrected chi connectivity index (χ3v) is 7.31. The van der Waals surface area contributed by atoms with Crippen molar-refractivity contribution in [1.82, 2.24) is 15.6 Å². The molecule has 0 bridgehead atoms. The molecule has 42 heavy (non-hydrogen) atoms. The van der Waals surface area contributed by atoms with E-state index in [1.165, 1.54) is 36.7 Å². The van der Waals surface area contributed by atoms with Crippen molar-refractivity contribution in [1.29, 1.82) is 0 Å². The minimum absolute atomic E-state index is 0.0485. The summed E-state index contributed by atoms with van der Waals surface area (Å²) in [5.74, 6) is -1.15. The minimum atomic E-state index is -4.78. The Morgan fingerprint density at radius 1 is 0.810 bits per heavy atom. The molecule has 10 heteroatoms. The van der Waals surface area contributed by atoms with Crippen LogP contribution < -0.4 is 14.8 Å². The molecule has 0 spiro atoms. The van der Waals surface area contributed by atoms with Crippen LogP contribution in [0.3, 0.4) is 0 Å². The summed E-state index contributed by atoms with van der Waals surface area (Å²) in [6.07, 6.45) is 4.50. The molecule has 1 aromatic heterocycles. The molecular formula is C32H30FN3O5S. The normalized spacial score (nSPS) is 13.0. The molecular weight excluding hydrogens is 557 g/mol. The molecule has 216 valence electrons. The highest BCUT2D eigenvalue weighted by Crippen LogP contribution is 2.19. The van der Waals surface area contributed by atoms with Gasteiger partial charge in [-0.15, -0.1) is 0 Å². The first-order valence-electron chi connectivity index (χ1n) is 13.3. The number of rotatable bonds is 13. The number of carbonyl (C=O) groups is 2. The summed E-state index contributed by atoms with van der Waals surface area (Å²) >= 11 is 0. The number of pyridine rings is 1. The lowest BCUT2D eigenvalue weighted by atomic mass is 10.0. The van der Waals surface area contributed by atoms with Gasteiger partial charge in [0.15, 0.2) is 0 Å². The van der Waals surface area contributed by atoms with Crippen LogP contribution in [0.4, 0.5) is 4.39 Å². The summed E-state index contributed by atoms with van der Waals surface area (Å²) in [7, 11) is -4.78. The van der Waals surface area contributed by atoms with E-state index < -0.39 is 39.2 Å². The highest BCUT2D eigenvalue weighted by molar-refractivity contribution is 7.90. The van der Waals surface area contributed by atoms with Crippen LogP contribution in [0.5, 0.6) is 5.75 Å². The number of nitrogens with zero attached hydrogens (tertiary/aromatic N) is 1. The van der Waals surface area contributed by atoms with Gasteiger partial charge in [0, 0.05) is 24.4 Å². The number of aromatic nitrogens is 1. The molecule has 0 radical (unpaired) electrons. The Labute approximate surface area is 244 Å². The standard InChI is InChI=1S/C32H30FN3O5S/c33-30(42(39,40)41-28-14-8-3-9-15-28)23-27(17-16-24-10-4-1-5-11-24)35-32(38)29(22-25-12-6-2-7-13-25)36-31(37)26-18-20-34-21-19-26/h1-15,18-21,23,27,29H,16-17,22H2,(H,35,38)(H,36,37)/b30-23+/t27-,29-/m0/s1. The van der Waals surface area contributed by atoms with Gasteiger partial charge in [-0.05, 0) is 54.3 Å². The Morgan fingerprint density at radius 3 is 2.00 bits per heavy atom. The molecule has 2 atom stereocenters. The number of benzene rings is 3. The highest BCUT2D eigenvalue weighted by atomic mass is 32.2. The Balaban J connectivity index is 1.57. The average Bonchev–Trinajstić information content (AvgIpc) is 3.01. The third-order valence-electron chi connectivity index (χ3n) is 6.28. The van der Waals surface area contributed by atoms with E-state index in [4.69, 9.17) is 4.18 Å². The summed E-state index contributed by atoms with van der Waals surface area (Å²) in [6, 6.07) is 26.9. The molecule has 8 nitrogen and oxygen atoms in total. The van der Waals surface area contributed by atoms with Crippen molar-refractivity contribution in [3.8, 4) is 5.75 Å². The van der Waals surface area contributed by atoms with Crippen molar-refractivity contribution in [2.45, 2.75) is 31.3 Å². The maximum Gasteiger partial charge on any atom is 0.366 e. The molecule has 0 unspecified atom stereocenters. The smallest absolute Gasteiger partial charge is 0.366 e. The molecule has 0 fully saturated rings. The van der Waals surface area contributed by atoms with Gasteiger partial charge in [-0.1, -0.05) is 78.9 Å². The van der Waals surface area contributed by atoms with E-state index in [1.54, 1.807) is 18.2 Å². The molecule has 1 heterocycles. The molecule has 2 N–H and O–H groups in total. The van der Waals surface area contributed by atoms with Gasteiger partial charge in [0.05, 0.1) is 6.04 Å². The number of nitrogens with one attached hydrogen (secondary N) is 2. The third kappa shape index (κ3) is 9.10. The van der Waals surface area contributed by atoms with E-state index in [1.807, 2.05) is 60.7 Å². The van der Waals surface area contributed by atoms with Crippen molar-refractivity contribution in [2.75, 3.05) is 0 Å². The van der Waals surface area contributed by atoms with Crippen LogP contribution in [0, 0.1) is 0 Å². The predicted molar refractivity (Wildman–Crippen MR) is 158 cm³/mol. The summed E-state index contributed by atoms with van der Waals surface area (Å²) in [4.78, 5) is 30.4. The molecule has 2 amide bonds. The fraction of sp³-hybridized carbons (Fsp3) is 0.156. The molecule has 0 saturated heterocycles. The number of carbonyl (C=O) groups excluding carboxylic acids is 2. The summed E-state index contributed by atoms with van der Waals surface area (Å²) in [5.41, 5.74) is 2.02. The van der Waals surface area contributed by atoms with Gasteiger partial charge in [-0.2, -0.15) is 12.8 Å². The topological polar surface area (TPSA) is 114 Å². The lowest BCUT2D eigenvalue weighted by molar-refractivity contribution is -0.123. The van der Waals surface area contributed by atoms with Crippen LogP contribution in [-0.4, -0.2) is 37.3 Å². The van der Waals surface area contributed by atoms with Crippen molar-refractivity contribution >= 4 is 21.9 Å². The first-order valence-corrected chi connectivity index (χ1v) is 14.7. The summed E-state index contributed by atoms with van der Waals surface area (Å²) in [6.45, 7) is 0. The summed E-state index contributed by atoms with van der Waals surface area (Å²) in [5, 5.41) is 3.93. The number of aryl methyl sites for hydroxylation is 1. The van der Waals surface area contributed by atoms with Crippen molar-refractivity contribution in [2.24, 2.45) is 0 Å². The van der Waals surface area contributed by atoms with Crippen LogP contribution in [0.15, 0.2) is 127 Å². The van der Waals surface area contributed by atoms with Crippen LogP contribution in [0.25, 0.3) is 0 Å². The largest absolute Gasteiger partial charge is 0.377 e. The SMILES string of the molecule is O=C(N[C@@H](Cc1ccccc1)C(=O)N[C@H](/C=C(\F)S(=O)(=O)Oc1ccccc1)CCc1ccccc1)c1ccncc1. The highest BCUT2D eigenvalue weighted by Gasteiger charge is 2.27. The minimum Gasteiger partial charge on any atom is -0.377 e. The van der Waals surface area contributed by atoms with Crippen molar-refractivity contribution in [3.63, 3.8) is 0 Å². The quantitative estimate of drug-likeness (QED) is 0.218. The van der Waals surface area contributed by atoms with Crippen LogP contribution in [0.1, 0.15) is 27.9 Å². The molecule has 0 aliphatic heterocycles. The van der Waals surface area contributed by atoms with Gasteiger partial charge in [0.2, 0.25) is 5.91 Å². The van der Waals surface area contributed by atoms with Gasteiger partial charge in [0.25, 0.3) is 11.1 Å². The zero-order valence-electron chi connectivity index (χ0n) is 22.6. The van der Waals surface area contributed by atoms with Crippen LogP contribution in [-0.2, 0) is 27.8 Å². The van der Waals surface area contributed by atoms with Crippen LogP contribution in [0.2, 0.25) is 0 Å². The first kappa shape index (κ1) is 30.1. The van der Waals surface area contributed by atoms with E-state index in [0.717, 1.165) is 17.2 Å². The predicted octanol–water partition coefficient (Wildman–Crippen LogP) is 4.76. The number of hydrogen-bond donors (Lipinski definition) is 2. The molecule has 0 saturated carbocycles. The van der Waals surface area contributed by atoms with Gasteiger partial charge in [-0.25, -0.2) is 0 Å². The van der Waals surface area contributed by atoms with Crippen molar-refractivity contribution < 1.29 is 26.6 Å². The van der Waals surface area contributed by atoms with E-state index >= 15 is 4.39 Å². The maximum atomic E-state index is 15.2. The second kappa shape index (κ2) is 14.7. The monoisotopic (exact) mass is 587 g/mol. The fourth-order valence-corrected chi connectivity index (χ4v) is 4.91. The van der Waals surface area contributed by atoms with Gasteiger partial charge in [0.1, 0.15) is 11.8 Å². The molecule has 4 rings (SSSR count). The number of halogens is 1. The second-order valence-electron chi connectivity index (χ2n) is 9.41. The molecule has 0 aliphatic carbocycles. The Kier molecular flexibility index (Phi) is 10.5. The fourth-order valence-electron chi connectivity index (χ4n) is 4.14. The second-order valence-corrected chi connectivity index (χ2v) is 10.9. The molecule has 0 aliphatic rings. The average molecular weight is 588 g/mol. The number of hydrogen-bond acceptors (Lipinski definition) is 6.